The van der Waals surface area contributed by atoms with E-state index < -0.39 is 8.07 Å². The number of benzene rings is 1. The van der Waals surface area contributed by atoms with E-state index in [1.807, 2.05) is 0 Å². The molecule has 0 spiro atoms. The number of nitrogens with one attached hydrogen (secondary N) is 1. The molecule has 5 heteroatoms. The molecular weight excluding hydrogens is 270 g/mol. The third-order valence-corrected chi connectivity index (χ3v) is 3.35. The average Bonchev–Trinajstić information content (AvgIpc) is 2.34. The van der Waals surface area contributed by atoms with E-state index in [1.165, 1.54) is 14.0 Å². The first-order valence-electron chi connectivity index (χ1n) is 6.39. The molecule has 0 fully saturated rings. The number of amides is 1. The summed E-state index contributed by atoms with van der Waals surface area (Å²) in [6.45, 7) is 7.75. The van der Waals surface area contributed by atoms with Gasteiger partial charge in [0.15, 0.2) is 0 Å². The Morgan fingerprint density at radius 1 is 1.40 bits per heavy atom. The Hall–Kier alpha value is -1.77. The van der Waals surface area contributed by atoms with Crippen molar-refractivity contribution >= 4 is 19.7 Å². The number of hydrogen-bond acceptors (Lipinski definition) is 3. The zero-order valence-electron chi connectivity index (χ0n) is 12.6. The summed E-state index contributed by atoms with van der Waals surface area (Å²) in [7, 11) is 0.00731. The molecule has 0 atom stereocenters. The number of carbonyl (C=O) groups excluding carboxylic acids is 1. The van der Waals surface area contributed by atoms with E-state index in [-0.39, 0.29) is 12.5 Å². The highest BCUT2D eigenvalue weighted by molar-refractivity contribution is 6.83. The van der Waals surface area contributed by atoms with Gasteiger partial charge >= 0.3 is 0 Å². The van der Waals surface area contributed by atoms with Gasteiger partial charge in [-0.05, 0) is 6.07 Å². The van der Waals surface area contributed by atoms with Gasteiger partial charge in [-0.1, -0.05) is 25.6 Å². The van der Waals surface area contributed by atoms with Crippen molar-refractivity contribution in [3.05, 3.63) is 23.3 Å². The Morgan fingerprint density at radius 2 is 2.05 bits per heavy atom. The molecule has 0 aliphatic carbocycles. The largest absolute Gasteiger partial charge is 0.496 e. The van der Waals surface area contributed by atoms with Crippen molar-refractivity contribution in [1.29, 1.82) is 0 Å². The van der Waals surface area contributed by atoms with Crippen molar-refractivity contribution in [3.63, 3.8) is 0 Å². The van der Waals surface area contributed by atoms with Crippen LogP contribution in [0.25, 0.3) is 0 Å². The molecule has 0 saturated carbocycles. The lowest BCUT2D eigenvalue weighted by Crippen LogP contribution is -2.16. The lowest BCUT2D eigenvalue weighted by atomic mass is 10.1. The summed E-state index contributed by atoms with van der Waals surface area (Å²) < 4.78 is 5.21. The summed E-state index contributed by atoms with van der Waals surface area (Å²) in [5.74, 6) is 3.48. The molecule has 108 valence electrons. The van der Waals surface area contributed by atoms with Crippen molar-refractivity contribution in [2.24, 2.45) is 0 Å². The summed E-state index contributed by atoms with van der Waals surface area (Å²) in [5.41, 5.74) is 5.22. The molecule has 4 nitrogen and oxygen atoms in total. The molecule has 0 aliphatic rings. The smallest absolute Gasteiger partial charge is 0.221 e. The maximum atomic E-state index is 11.3. The fourth-order valence-corrected chi connectivity index (χ4v) is 2.10. The standard InChI is InChI=1S/C15H21NO3Si/c1-11(18)16-14-9-15(19-2)13(10-17)8-12(14)6-7-20(3,4)5/h8-9,17H,10H2,1-5H3,(H,16,18). The van der Waals surface area contributed by atoms with Crippen molar-refractivity contribution in [3.8, 4) is 17.2 Å². The number of carbonyl (C=O) groups is 1. The average molecular weight is 291 g/mol. The zero-order chi connectivity index (χ0) is 15.3. The van der Waals surface area contributed by atoms with Crippen molar-refractivity contribution in [2.75, 3.05) is 12.4 Å². The fourth-order valence-electron chi connectivity index (χ4n) is 1.59. The van der Waals surface area contributed by atoms with Crippen LogP contribution in [0.2, 0.25) is 19.6 Å². The summed E-state index contributed by atoms with van der Waals surface area (Å²) in [5, 5.41) is 12.1. The Kier molecular flexibility index (Phi) is 5.37. The van der Waals surface area contributed by atoms with E-state index in [9.17, 15) is 9.90 Å². The van der Waals surface area contributed by atoms with E-state index in [0.29, 0.717) is 22.6 Å². The van der Waals surface area contributed by atoms with Crippen molar-refractivity contribution < 1.29 is 14.6 Å². The van der Waals surface area contributed by atoms with Crippen LogP contribution >= 0.6 is 0 Å². The normalized spacial score (nSPS) is 10.5. The third kappa shape index (κ3) is 4.72. The SMILES string of the molecule is COc1cc(NC(C)=O)c(C#C[Si](C)(C)C)cc1CO. The Morgan fingerprint density at radius 3 is 2.50 bits per heavy atom. The molecular formula is C15H21NO3Si. The number of methoxy groups -OCH3 is 1. The lowest BCUT2D eigenvalue weighted by molar-refractivity contribution is -0.114. The highest BCUT2D eigenvalue weighted by atomic mass is 28.3. The molecule has 0 aliphatic heterocycles. The Balaban J connectivity index is 3.37. The third-order valence-electron chi connectivity index (χ3n) is 2.47. The molecule has 1 amide bonds. The molecule has 0 aromatic heterocycles. The van der Waals surface area contributed by atoms with E-state index in [4.69, 9.17) is 4.74 Å². The van der Waals surface area contributed by atoms with Crippen LogP contribution in [-0.2, 0) is 11.4 Å². The van der Waals surface area contributed by atoms with Crippen LogP contribution in [0.3, 0.4) is 0 Å². The minimum Gasteiger partial charge on any atom is -0.496 e. The molecule has 0 radical (unpaired) electrons. The van der Waals surface area contributed by atoms with E-state index in [1.54, 1.807) is 12.1 Å². The second kappa shape index (κ2) is 6.59. The molecule has 0 heterocycles. The highest BCUT2D eigenvalue weighted by Gasteiger charge is 2.12. The van der Waals surface area contributed by atoms with Gasteiger partial charge in [-0.15, -0.1) is 5.54 Å². The molecule has 0 bridgehead atoms. The first-order valence-corrected chi connectivity index (χ1v) is 9.89. The summed E-state index contributed by atoms with van der Waals surface area (Å²) in [4.78, 5) is 11.3. The molecule has 1 rings (SSSR count). The predicted molar refractivity (Wildman–Crippen MR) is 83.4 cm³/mol. The number of ether oxygens (including phenoxy) is 1. The van der Waals surface area contributed by atoms with Crippen LogP contribution in [0.1, 0.15) is 18.1 Å². The highest BCUT2D eigenvalue weighted by Crippen LogP contribution is 2.27. The monoisotopic (exact) mass is 291 g/mol. The number of rotatable bonds is 3. The van der Waals surface area contributed by atoms with Crippen molar-refractivity contribution in [2.45, 2.75) is 33.2 Å². The van der Waals surface area contributed by atoms with Gasteiger partial charge in [0.05, 0.1) is 19.4 Å². The van der Waals surface area contributed by atoms with Gasteiger partial charge in [0.1, 0.15) is 13.8 Å². The van der Waals surface area contributed by atoms with E-state index >= 15 is 0 Å². The van der Waals surface area contributed by atoms with Gasteiger partial charge in [0.25, 0.3) is 0 Å². The van der Waals surface area contributed by atoms with Gasteiger partial charge in [-0.2, -0.15) is 0 Å². The maximum Gasteiger partial charge on any atom is 0.221 e. The van der Waals surface area contributed by atoms with Crippen LogP contribution < -0.4 is 10.1 Å². The summed E-state index contributed by atoms with van der Waals surface area (Å²) in [6, 6.07) is 3.46. The molecule has 0 unspecified atom stereocenters. The minimum absolute atomic E-state index is 0.134. The molecule has 2 N–H and O–H groups in total. The second-order valence-corrected chi connectivity index (χ2v) is 10.3. The van der Waals surface area contributed by atoms with Crippen LogP contribution in [0.4, 0.5) is 5.69 Å². The van der Waals surface area contributed by atoms with Crippen LogP contribution in [0, 0.1) is 11.5 Å². The van der Waals surface area contributed by atoms with Gasteiger partial charge in [0, 0.05) is 24.1 Å². The fraction of sp³-hybridized carbons (Fsp3) is 0.400. The number of aliphatic hydroxyl groups excluding tert-OH is 1. The number of aliphatic hydroxyl groups is 1. The van der Waals surface area contributed by atoms with Gasteiger partial charge in [0.2, 0.25) is 5.91 Å². The Labute approximate surface area is 121 Å². The number of anilines is 1. The van der Waals surface area contributed by atoms with Gasteiger partial charge < -0.3 is 15.2 Å². The van der Waals surface area contributed by atoms with Crippen LogP contribution in [-0.4, -0.2) is 26.2 Å². The molecule has 1 aromatic rings. The number of hydrogen-bond donors (Lipinski definition) is 2. The topological polar surface area (TPSA) is 58.6 Å². The van der Waals surface area contributed by atoms with E-state index in [0.717, 1.165) is 0 Å². The van der Waals surface area contributed by atoms with Crippen molar-refractivity contribution in [1.82, 2.24) is 0 Å². The molecule has 20 heavy (non-hydrogen) atoms. The predicted octanol–water partition coefficient (Wildman–Crippen LogP) is 2.37. The zero-order valence-corrected chi connectivity index (χ0v) is 13.6. The van der Waals surface area contributed by atoms with E-state index in [2.05, 4.69) is 36.4 Å². The summed E-state index contributed by atoms with van der Waals surface area (Å²) >= 11 is 0. The second-order valence-electron chi connectivity index (χ2n) is 5.55. The molecule has 1 aromatic carbocycles. The molecule has 0 saturated heterocycles. The first-order chi connectivity index (χ1) is 9.26. The lowest BCUT2D eigenvalue weighted by Gasteiger charge is -2.12. The first kappa shape index (κ1) is 16.3. The summed E-state index contributed by atoms with van der Waals surface area (Å²) in [6.07, 6.45) is 0. The van der Waals surface area contributed by atoms with Gasteiger partial charge in [-0.3, -0.25) is 4.79 Å². The maximum absolute atomic E-state index is 11.3. The van der Waals surface area contributed by atoms with Crippen LogP contribution in [0.15, 0.2) is 12.1 Å². The van der Waals surface area contributed by atoms with Crippen LogP contribution in [0.5, 0.6) is 5.75 Å². The van der Waals surface area contributed by atoms with Gasteiger partial charge in [-0.25, -0.2) is 0 Å². The quantitative estimate of drug-likeness (QED) is 0.664. The minimum atomic E-state index is -1.52. The Bertz CT molecular complexity index is 565.